The normalized spacial score (nSPS) is 27.7. The molecule has 0 radical (unpaired) electrons. The summed E-state index contributed by atoms with van der Waals surface area (Å²) in [6.45, 7) is 0.713. The topological polar surface area (TPSA) is 57.6 Å². The Hall–Kier alpha value is -1.43. The van der Waals surface area contributed by atoms with Crippen LogP contribution in [0, 0.1) is 17.2 Å². The number of hydrogen-bond donors (Lipinski definition) is 1. The van der Waals surface area contributed by atoms with Crippen LogP contribution in [0.1, 0.15) is 29.6 Å². The van der Waals surface area contributed by atoms with Crippen molar-refractivity contribution in [1.29, 1.82) is 0 Å². The number of benzene rings is 1. The minimum Gasteiger partial charge on any atom is -0.481 e. The van der Waals surface area contributed by atoms with Crippen LogP contribution in [-0.2, 0) is 4.79 Å². The lowest BCUT2D eigenvalue weighted by Crippen LogP contribution is -2.37. The van der Waals surface area contributed by atoms with Gasteiger partial charge in [0.1, 0.15) is 5.82 Å². The van der Waals surface area contributed by atoms with Crippen LogP contribution in [0.25, 0.3) is 0 Å². The molecule has 6 heteroatoms. The summed E-state index contributed by atoms with van der Waals surface area (Å²) >= 11 is 3.19. The standard InChI is InChI=1S/C15H15BrFNO3/c16-12-6-10(17)3-4-11(12)13(19)18-7-9-2-1-5-15(9,8-18)14(20)21/h3-4,6,9H,1-2,5,7-8H2,(H,20,21)/t9-,15+/m0/s1. The van der Waals surface area contributed by atoms with Crippen LogP contribution < -0.4 is 0 Å². The van der Waals surface area contributed by atoms with E-state index in [1.54, 1.807) is 4.90 Å². The highest BCUT2D eigenvalue weighted by molar-refractivity contribution is 9.10. The summed E-state index contributed by atoms with van der Waals surface area (Å²) in [5, 5.41) is 9.54. The van der Waals surface area contributed by atoms with E-state index < -0.39 is 17.2 Å². The molecule has 4 nitrogen and oxygen atoms in total. The molecule has 1 aliphatic carbocycles. The van der Waals surface area contributed by atoms with Crippen molar-refractivity contribution in [2.45, 2.75) is 19.3 Å². The van der Waals surface area contributed by atoms with Gasteiger partial charge < -0.3 is 10.0 Å². The molecule has 1 amide bonds. The summed E-state index contributed by atoms with van der Waals surface area (Å²) < 4.78 is 13.5. The molecule has 1 aliphatic heterocycles. The summed E-state index contributed by atoms with van der Waals surface area (Å²) in [7, 11) is 0. The molecule has 2 fully saturated rings. The van der Waals surface area contributed by atoms with E-state index in [1.165, 1.54) is 18.2 Å². The Morgan fingerprint density at radius 3 is 2.81 bits per heavy atom. The van der Waals surface area contributed by atoms with Gasteiger partial charge in [-0.15, -0.1) is 0 Å². The molecule has 0 bridgehead atoms. The zero-order valence-electron chi connectivity index (χ0n) is 11.3. The molecule has 0 aromatic heterocycles. The number of carbonyl (C=O) groups is 2. The van der Waals surface area contributed by atoms with Crippen molar-refractivity contribution in [2.75, 3.05) is 13.1 Å². The summed E-state index contributed by atoms with van der Waals surface area (Å²) in [4.78, 5) is 25.8. The Morgan fingerprint density at radius 1 is 1.43 bits per heavy atom. The average Bonchev–Trinajstić information content (AvgIpc) is 2.95. The number of amides is 1. The van der Waals surface area contributed by atoms with Gasteiger partial charge in [-0.2, -0.15) is 0 Å². The van der Waals surface area contributed by atoms with Crippen molar-refractivity contribution in [2.24, 2.45) is 11.3 Å². The van der Waals surface area contributed by atoms with Gasteiger partial charge in [0, 0.05) is 17.6 Å². The molecule has 1 heterocycles. The van der Waals surface area contributed by atoms with Crippen LogP contribution in [0.3, 0.4) is 0 Å². The van der Waals surface area contributed by atoms with Gasteiger partial charge in [0.15, 0.2) is 0 Å². The molecule has 3 rings (SSSR count). The largest absolute Gasteiger partial charge is 0.481 e. The van der Waals surface area contributed by atoms with Crippen LogP contribution in [0.15, 0.2) is 22.7 Å². The number of carboxylic acids is 1. The first kappa shape index (κ1) is 14.5. The second-order valence-corrected chi connectivity index (χ2v) is 6.71. The number of nitrogens with zero attached hydrogens (tertiary/aromatic N) is 1. The quantitative estimate of drug-likeness (QED) is 0.887. The fourth-order valence-corrected chi connectivity index (χ4v) is 4.15. The van der Waals surface area contributed by atoms with E-state index in [9.17, 15) is 19.1 Å². The van der Waals surface area contributed by atoms with Crippen molar-refractivity contribution in [3.05, 3.63) is 34.1 Å². The molecule has 1 saturated heterocycles. The van der Waals surface area contributed by atoms with E-state index in [0.29, 0.717) is 23.0 Å². The first-order chi connectivity index (χ1) is 9.94. The van der Waals surface area contributed by atoms with Crippen molar-refractivity contribution < 1.29 is 19.1 Å². The molecule has 1 N–H and O–H groups in total. The third-order valence-corrected chi connectivity index (χ3v) is 5.40. The van der Waals surface area contributed by atoms with E-state index >= 15 is 0 Å². The van der Waals surface area contributed by atoms with Gasteiger partial charge in [-0.1, -0.05) is 6.42 Å². The van der Waals surface area contributed by atoms with Gasteiger partial charge in [-0.3, -0.25) is 9.59 Å². The molecular weight excluding hydrogens is 341 g/mol. The Bertz CT molecular complexity index is 621. The fraction of sp³-hybridized carbons (Fsp3) is 0.467. The van der Waals surface area contributed by atoms with Crippen LogP contribution in [-0.4, -0.2) is 35.0 Å². The first-order valence-electron chi connectivity index (χ1n) is 6.92. The maximum atomic E-state index is 13.1. The van der Waals surface area contributed by atoms with E-state index in [4.69, 9.17) is 0 Å². The number of carbonyl (C=O) groups excluding carboxylic acids is 1. The molecule has 0 spiro atoms. The monoisotopic (exact) mass is 355 g/mol. The Morgan fingerprint density at radius 2 is 2.19 bits per heavy atom. The summed E-state index contributed by atoms with van der Waals surface area (Å²) in [6, 6.07) is 3.92. The van der Waals surface area contributed by atoms with Crippen molar-refractivity contribution >= 4 is 27.8 Å². The third kappa shape index (κ3) is 2.25. The Labute approximate surface area is 130 Å². The molecule has 1 aromatic carbocycles. The molecule has 2 aliphatic rings. The average molecular weight is 356 g/mol. The minimum atomic E-state index is -0.807. The molecule has 112 valence electrons. The van der Waals surface area contributed by atoms with Gasteiger partial charge >= 0.3 is 5.97 Å². The Kier molecular flexibility index (Phi) is 3.51. The maximum Gasteiger partial charge on any atom is 0.311 e. The highest BCUT2D eigenvalue weighted by Crippen LogP contribution is 2.49. The van der Waals surface area contributed by atoms with Gasteiger partial charge in [0.2, 0.25) is 0 Å². The first-order valence-corrected chi connectivity index (χ1v) is 7.71. The van der Waals surface area contributed by atoms with E-state index in [-0.39, 0.29) is 18.4 Å². The van der Waals surface area contributed by atoms with Crippen LogP contribution in [0.5, 0.6) is 0 Å². The number of likely N-dealkylation sites (tertiary alicyclic amines) is 1. The number of rotatable bonds is 2. The predicted octanol–water partition coefficient (Wildman–Crippen LogP) is 2.92. The highest BCUT2D eigenvalue weighted by atomic mass is 79.9. The second-order valence-electron chi connectivity index (χ2n) is 5.86. The fourth-order valence-electron chi connectivity index (χ4n) is 3.63. The number of aliphatic carboxylic acids is 1. The lowest BCUT2D eigenvalue weighted by atomic mass is 9.81. The third-order valence-electron chi connectivity index (χ3n) is 4.75. The lowest BCUT2D eigenvalue weighted by Gasteiger charge is -2.23. The highest BCUT2D eigenvalue weighted by Gasteiger charge is 2.55. The zero-order valence-corrected chi connectivity index (χ0v) is 12.9. The number of fused-ring (bicyclic) bond motifs is 1. The summed E-state index contributed by atoms with van der Waals surface area (Å²) in [5.74, 6) is -1.44. The summed E-state index contributed by atoms with van der Waals surface area (Å²) in [5.41, 5.74) is -0.417. The van der Waals surface area contributed by atoms with Gasteiger partial charge in [-0.25, -0.2) is 4.39 Å². The molecule has 1 aromatic rings. The van der Waals surface area contributed by atoms with Crippen LogP contribution in [0.4, 0.5) is 4.39 Å². The van der Waals surface area contributed by atoms with Crippen molar-refractivity contribution in [3.63, 3.8) is 0 Å². The lowest BCUT2D eigenvalue weighted by molar-refractivity contribution is -0.149. The van der Waals surface area contributed by atoms with Crippen molar-refractivity contribution in [1.82, 2.24) is 4.90 Å². The summed E-state index contributed by atoms with van der Waals surface area (Å²) in [6.07, 6.45) is 2.38. The minimum absolute atomic E-state index is 0.0261. The smallest absolute Gasteiger partial charge is 0.311 e. The molecule has 21 heavy (non-hydrogen) atoms. The number of halogens is 2. The van der Waals surface area contributed by atoms with Crippen LogP contribution in [0.2, 0.25) is 0 Å². The molecule has 2 atom stereocenters. The molecule has 1 saturated carbocycles. The number of carboxylic acid groups (broad SMARTS) is 1. The van der Waals surface area contributed by atoms with Gasteiger partial charge in [0.05, 0.1) is 11.0 Å². The van der Waals surface area contributed by atoms with E-state index in [0.717, 1.165) is 12.8 Å². The molecular formula is C15H15BrFNO3. The van der Waals surface area contributed by atoms with E-state index in [1.807, 2.05) is 0 Å². The maximum absolute atomic E-state index is 13.1. The second kappa shape index (κ2) is 5.09. The van der Waals surface area contributed by atoms with Gasteiger partial charge in [-0.05, 0) is 52.9 Å². The number of hydrogen-bond acceptors (Lipinski definition) is 2. The van der Waals surface area contributed by atoms with Gasteiger partial charge in [0.25, 0.3) is 5.91 Å². The van der Waals surface area contributed by atoms with Crippen LogP contribution >= 0.6 is 15.9 Å². The van der Waals surface area contributed by atoms with Crippen molar-refractivity contribution in [3.8, 4) is 0 Å². The Balaban J connectivity index is 1.86. The predicted molar refractivity (Wildman–Crippen MR) is 77.4 cm³/mol. The molecule has 0 unspecified atom stereocenters. The van der Waals surface area contributed by atoms with E-state index in [2.05, 4.69) is 15.9 Å². The SMILES string of the molecule is O=C(c1ccc(F)cc1Br)N1C[C@@H]2CCC[C@@]2(C(=O)O)C1. The zero-order chi connectivity index (χ0) is 15.2.